The molecule has 0 bridgehead atoms. The van der Waals surface area contributed by atoms with Crippen molar-refractivity contribution in [2.24, 2.45) is 5.92 Å². The summed E-state index contributed by atoms with van der Waals surface area (Å²) in [5, 5.41) is 2.87. The molecule has 0 radical (unpaired) electrons. The Bertz CT molecular complexity index is 389. The molecular weight excluding hydrogens is 246 g/mol. The zero-order valence-corrected chi connectivity index (χ0v) is 11.5. The van der Waals surface area contributed by atoms with E-state index in [-0.39, 0.29) is 29.1 Å². The quantitative estimate of drug-likeness (QED) is 0.750. The first-order valence-corrected chi connectivity index (χ1v) is 6.73. The first-order chi connectivity index (χ1) is 8.93. The molecule has 2 fully saturated rings. The van der Waals surface area contributed by atoms with Crippen LogP contribution in [0.25, 0.3) is 0 Å². The fourth-order valence-electron chi connectivity index (χ4n) is 2.38. The normalized spacial score (nSPS) is 26.6. The molecule has 1 heterocycles. The van der Waals surface area contributed by atoms with Crippen LogP contribution in [-0.4, -0.2) is 35.7 Å². The Kier molecular flexibility index (Phi) is 6.02. The molecule has 1 N–H and O–H groups in total. The van der Waals surface area contributed by atoms with E-state index in [1.54, 1.807) is 0 Å². The van der Waals surface area contributed by atoms with Gasteiger partial charge in [-0.3, -0.25) is 19.2 Å². The Labute approximate surface area is 113 Å². The number of hydrogen-bond acceptors (Lipinski definition) is 5. The molecule has 1 saturated carbocycles. The molecule has 5 nitrogen and oxygen atoms in total. The van der Waals surface area contributed by atoms with Crippen molar-refractivity contribution in [1.82, 2.24) is 5.32 Å². The number of carbonyl (C=O) groups excluding carboxylic acids is 4. The van der Waals surface area contributed by atoms with Gasteiger partial charge in [0, 0.05) is 12.8 Å². The monoisotopic (exact) mass is 267 g/mol. The van der Waals surface area contributed by atoms with Gasteiger partial charge in [0.05, 0.1) is 5.92 Å². The highest BCUT2D eigenvalue weighted by atomic mass is 16.2. The Morgan fingerprint density at radius 2 is 1.63 bits per heavy atom. The van der Waals surface area contributed by atoms with Crippen molar-refractivity contribution in [3.8, 4) is 0 Å². The minimum atomic E-state index is -0.506. The van der Waals surface area contributed by atoms with Gasteiger partial charge in [-0.1, -0.05) is 0 Å². The second kappa shape index (κ2) is 7.28. The van der Waals surface area contributed by atoms with Gasteiger partial charge in [0.2, 0.25) is 0 Å². The average Bonchev–Trinajstić information content (AvgIpc) is 2.76. The smallest absolute Gasteiger partial charge is 0.157 e. The van der Waals surface area contributed by atoms with E-state index in [1.165, 1.54) is 13.8 Å². The van der Waals surface area contributed by atoms with Crippen LogP contribution in [0.3, 0.4) is 0 Å². The van der Waals surface area contributed by atoms with E-state index in [1.807, 2.05) is 0 Å². The summed E-state index contributed by atoms with van der Waals surface area (Å²) >= 11 is 0. The van der Waals surface area contributed by atoms with Crippen molar-refractivity contribution in [3.05, 3.63) is 0 Å². The molecule has 0 amide bonds. The summed E-state index contributed by atoms with van der Waals surface area (Å²) in [4.78, 5) is 43.1. The van der Waals surface area contributed by atoms with Crippen LogP contribution in [0.4, 0.5) is 0 Å². The predicted molar refractivity (Wildman–Crippen MR) is 69.7 cm³/mol. The summed E-state index contributed by atoms with van der Waals surface area (Å²) in [6.45, 7) is 3.73. The van der Waals surface area contributed by atoms with Crippen molar-refractivity contribution in [1.29, 1.82) is 0 Å². The van der Waals surface area contributed by atoms with Crippen LogP contribution in [0.5, 0.6) is 0 Å². The van der Waals surface area contributed by atoms with E-state index in [0.29, 0.717) is 12.8 Å². The molecule has 2 unspecified atom stereocenters. The van der Waals surface area contributed by atoms with Gasteiger partial charge in [-0.05, 0) is 39.7 Å². The molecule has 1 aliphatic heterocycles. The SMILES string of the molecule is CC(=O)C1CCCC1=O.CC(=O)C1NCCCC1=O. The molecule has 0 spiro atoms. The van der Waals surface area contributed by atoms with Gasteiger partial charge in [-0.15, -0.1) is 0 Å². The Hall–Kier alpha value is -1.36. The van der Waals surface area contributed by atoms with Crippen molar-refractivity contribution in [2.45, 2.75) is 52.0 Å². The number of hydrogen-bond donors (Lipinski definition) is 1. The second-order valence-corrected chi connectivity index (χ2v) is 5.09. The van der Waals surface area contributed by atoms with Gasteiger partial charge in [-0.2, -0.15) is 0 Å². The van der Waals surface area contributed by atoms with Gasteiger partial charge in [0.25, 0.3) is 0 Å². The predicted octanol–water partition coefficient (Wildman–Crippen LogP) is 0.841. The fraction of sp³-hybridized carbons (Fsp3) is 0.714. The molecule has 0 aromatic rings. The van der Waals surface area contributed by atoms with E-state index in [2.05, 4.69) is 5.32 Å². The summed E-state index contributed by atoms with van der Waals surface area (Å²) in [5.74, 6) is -0.0894. The lowest BCUT2D eigenvalue weighted by molar-refractivity contribution is -0.131. The summed E-state index contributed by atoms with van der Waals surface area (Å²) in [7, 11) is 0. The highest BCUT2D eigenvalue weighted by Gasteiger charge is 2.27. The Morgan fingerprint density at radius 1 is 1.00 bits per heavy atom. The highest BCUT2D eigenvalue weighted by Crippen LogP contribution is 2.21. The van der Waals surface area contributed by atoms with E-state index in [4.69, 9.17) is 0 Å². The van der Waals surface area contributed by atoms with Gasteiger partial charge >= 0.3 is 0 Å². The molecule has 19 heavy (non-hydrogen) atoms. The molecule has 2 atom stereocenters. The lowest BCUT2D eigenvalue weighted by atomic mass is 10.0. The van der Waals surface area contributed by atoms with Crippen LogP contribution >= 0.6 is 0 Å². The first-order valence-electron chi connectivity index (χ1n) is 6.73. The number of ketones is 4. The lowest BCUT2D eigenvalue weighted by Crippen LogP contribution is -2.46. The molecule has 1 saturated heterocycles. The number of rotatable bonds is 2. The lowest BCUT2D eigenvalue weighted by Gasteiger charge is -2.18. The van der Waals surface area contributed by atoms with Crippen molar-refractivity contribution >= 4 is 23.1 Å². The van der Waals surface area contributed by atoms with Crippen molar-refractivity contribution < 1.29 is 19.2 Å². The maximum absolute atomic E-state index is 11.0. The Balaban J connectivity index is 0.000000191. The molecule has 106 valence electrons. The van der Waals surface area contributed by atoms with Crippen molar-refractivity contribution in [2.75, 3.05) is 6.54 Å². The second-order valence-electron chi connectivity index (χ2n) is 5.09. The molecule has 0 aromatic heterocycles. The molecular formula is C14H21NO4. The highest BCUT2D eigenvalue weighted by molar-refractivity contribution is 6.05. The number of carbonyl (C=O) groups is 4. The third kappa shape index (κ3) is 4.67. The van der Waals surface area contributed by atoms with Gasteiger partial charge < -0.3 is 5.32 Å². The van der Waals surface area contributed by atoms with Crippen LogP contribution in [0.1, 0.15) is 46.0 Å². The number of piperidine rings is 1. The van der Waals surface area contributed by atoms with E-state index < -0.39 is 6.04 Å². The third-order valence-electron chi connectivity index (χ3n) is 3.47. The van der Waals surface area contributed by atoms with E-state index in [0.717, 1.165) is 25.8 Å². The minimum Gasteiger partial charge on any atom is -0.301 e. The first kappa shape index (κ1) is 15.7. The zero-order chi connectivity index (χ0) is 14.4. The van der Waals surface area contributed by atoms with Gasteiger partial charge in [0.15, 0.2) is 11.6 Å². The van der Waals surface area contributed by atoms with Crippen LogP contribution < -0.4 is 5.32 Å². The number of Topliss-reactive ketones (excluding diaryl/α,β-unsaturated/α-hetero) is 4. The maximum Gasteiger partial charge on any atom is 0.157 e. The van der Waals surface area contributed by atoms with Crippen molar-refractivity contribution in [3.63, 3.8) is 0 Å². The largest absolute Gasteiger partial charge is 0.301 e. The fourth-order valence-corrected chi connectivity index (χ4v) is 2.38. The zero-order valence-electron chi connectivity index (χ0n) is 11.5. The minimum absolute atomic E-state index is 0.0394. The van der Waals surface area contributed by atoms with Crippen LogP contribution in [0.15, 0.2) is 0 Å². The molecule has 1 aliphatic carbocycles. The topological polar surface area (TPSA) is 80.3 Å². The average molecular weight is 267 g/mol. The van der Waals surface area contributed by atoms with E-state index in [9.17, 15) is 19.2 Å². The molecule has 0 aromatic carbocycles. The van der Waals surface area contributed by atoms with E-state index >= 15 is 0 Å². The Morgan fingerprint density at radius 3 is 1.95 bits per heavy atom. The molecule has 2 rings (SSSR count). The maximum atomic E-state index is 11.0. The van der Waals surface area contributed by atoms with Gasteiger partial charge in [0.1, 0.15) is 17.6 Å². The molecule has 2 aliphatic rings. The summed E-state index contributed by atoms with van der Waals surface area (Å²) < 4.78 is 0. The molecule has 5 heteroatoms. The summed E-state index contributed by atoms with van der Waals surface area (Å²) in [6.07, 6.45) is 3.72. The third-order valence-corrected chi connectivity index (χ3v) is 3.47. The standard InChI is InChI=1S/C7H11NO2.C7H10O2/c1-5(9)7-6(10)3-2-4-8-7;1-5(8)6-3-2-4-7(6)9/h7-8H,2-4H2,1H3;6H,2-4H2,1H3. The van der Waals surface area contributed by atoms with Crippen LogP contribution in [-0.2, 0) is 19.2 Å². The van der Waals surface area contributed by atoms with Crippen LogP contribution in [0.2, 0.25) is 0 Å². The van der Waals surface area contributed by atoms with Crippen LogP contribution in [0, 0.1) is 5.92 Å². The number of nitrogens with one attached hydrogen (secondary N) is 1. The summed E-state index contributed by atoms with van der Waals surface area (Å²) in [5.41, 5.74) is 0. The summed E-state index contributed by atoms with van der Waals surface area (Å²) in [6, 6.07) is -0.506. The van der Waals surface area contributed by atoms with Gasteiger partial charge in [-0.25, -0.2) is 0 Å².